The fourth-order valence-corrected chi connectivity index (χ4v) is 3.95. The molecular weight excluding hydrogens is 353 g/mol. The number of fused-ring (bicyclic) bond motifs is 1. The van der Waals surface area contributed by atoms with Crippen molar-refractivity contribution in [2.45, 2.75) is 45.2 Å². The van der Waals surface area contributed by atoms with E-state index in [-0.39, 0.29) is 30.6 Å². The SMILES string of the molecule is CC(=O)c1cn(C[C@H]2CC[C@H]3CN[C@H](C(=O)O)C[C@H]3C2)cn1.Cl.Cl. The number of imidazole rings is 1. The Morgan fingerprint density at radius 2 is 2.04 bits per heavy atom. The Balaban J connectivity index is 0.00000144. The first kappa shape index (κ1) is 20.9. The predicted molar refractivity (Wildman–Crippen MR) is 95.1 cm³/mol. The van der Waals surface area contributed by atoms with E-state index in [0.29, 0.717) is 23.4 Å². The van der Waals surface area contributed by atoms with Gasteiger partial charge in [-0.1, -0.05) is 0 Å². The Labute approximate surface area is 154 Å². The standard InChI is InChI=1S/C16H23N3O3.2ClH/c1-10(20)15-8-19(9-18-15)7-11-2-3-12-6-17-14(16(21)22)5-13(12)4-11;;/h8-9,11-14,17H,2-7H2,1H3,(H,21,22);2*1H/t11-,12-,13+,14-;;/m0../s1. The third-order valence-electron chi connectivity index (χ3n) is 5.17. The number of rotatable bonds is 4. The second-order valence-electron chi connectivity index (χ2n) is 6.75. The van der Waals surface area contributed by atoms with E-state index in [1.807, 2.05) is 10.8 Å². The number of halogens is 2. The molecule has 6 nitrogen and oxygen atoms in total. The number of hydrogen-bond donors (Lipinski definition) is 2. The topological polar surface area (TPSA) is 84.2 Å². The molecule has 2 aliphatic rings. The lowest BCUT2D eigenvalue weighted by molar-refractivity contribution is -0.141. The second kappa shape index (κ2) is 8.83. The Morgan fingerprint density at radius 1 is 1.29 bits per heavy atom. The van der Waals surface area contributed by atoms with E-state index in [9.17, 15) is 14.7 Å². The molecule has 1 saturated carbocycles. The number of nitrogens with one attached hydrogen (secondary N) is 1. The van der Waals surface area contributed by atoms with Gasteiger partial charge in [-0.15, -0.1) is 24.8 Å². The summed E-state index contributed by atoms with van der Waals surface area (Å²) in [5.41, 5.74) is 0.515. The predicted octanol–water partition coefficient (Wildman–Crippen LogP) is 2.41. The van der Waals surface area contributed by atoms with Gasteiger partial charge in [0.2, 0.25) is 0 Å². The maximum atomic E-state index is 11.3. The molecule has 1 aliphatic heterocycles. The van der Waals surface area contributed by atoms with Gasteiger partial charge in [-0.25, -0.2) is 4.98 Å². The van der Waals surface area contributed by atoms with E-state index in [0.717, 1.165) is 38.8 Å². The molecule has 1 aromatic heterocycles. The molecule has 0 spiro atoms. The maximum Gasteiger partial charge on any atom is 0.320 e. The number of ketones is 1. The van der Waals surface area contributed by atoms with E-state index in [1.54, 1.807) is 6.33 Å². The van der Waals surface area contributed by atoms with Gasteiger partial charge in [0.15, 0.2) is 5.78 Å². The Bertz CT molecular complexity index is 579. The Kier molecular flexibility index (Phi) is 7.70. The van der Waals surface area contributed by atoms with Gasteiger partial charge in [-0.3, -0.25) is 9.59 Å². The van der Waals surface area contributed by atoms with Crippen LogP contribution in [0.25, 0.3) is 0 Å². The van der Waals surface area contributed by atoms with Crippen molar-refractivity contribution >= 4 is 36.6 Å². The summed E-state index contributed by atoms with van der Waals surface area (Å²) in [7, 11) is 0. The number of carboxylic acids is 1. The van der Waals surface area contributed by atoms with Crippen molar-refractivity contribution in [3.63, 3.8) is 0 Å². The largest absolute Gasteiger partial charge is 0.480 e. The number of aliphatic carboxylic acids is 1. The molecule has 3 rings (SSSR count). The average molecular weight is 378 g/mol. The normalized spacial score (nSPS) is 28.9. The summed E-state index contributed by atoms with van der Waals surface area (Å²) in [6, 6.07) is -0.391. The minimum Gasteiger partial charge on any atom is -0.480 e. The van der Waals surface area contributed by atoms with E-state index in [4.69, 9.17) is 0 Å². The summed E-state index contributed by atoms with van der Waals surface area (Å²) in [6.45, 7) is 3.22. The molecular formula is C16H25Cl2N3O3. The number of carboxylic acid groups (broad SMARTS) is 1. The molecule has 2 heterocycles. The van der Waals surface area contributed by atoms with Crippen LogP contribution in [-0.4, -0.2) is 39.0 Å². The zero-order chi connectivity index (χ0) is 15.7. The van der Waals surface area contributed by atoms with Gasteiger partial charge in [-0.2, -0.15) is 0 Å². The van der Waals surface area contributed by atoms with Crippen LogP contribution in [0.4, 0.5) is 0 Å². The smallest absolute Gasteiger partial charge is 0.320 e. The van der Waals surface area contributed by atoms with Crippen molar-refractivity contribution in [1.82, 2.24) is 14.9 Å². The van der Waals surface area contributed by atoms with E-state index in [1.165, 1.54) is 6.92 Å². The van der Waals surface area contributed by atoms with Gasteiger partial charge in [0.1, 0.15) is 11.7 Å². The molecule has 1 saturated heterocycles. The first-order chi connectivity index (χ1) is 10.5. The number of piperidine rings is 1. The third kappa shape index (κ3) is 4.71. The van der Waals surface area contributed by atoms with Gasteiger partial charge in [-0.05, 0) is 50.0 Å². The summed E-state index contributed by atoms with van der Waals surface area (Å²) >= 11 is 0. The molecule has 0 unspecified atom stereocenters. The first-order valence-electron chi connectivity index (χ1n) is 8.02. The molecule has 1 aromatic rings. The zero-order valence-corrected chi connectivity index (χ0v) is 15.3. The molecule has 0 radical (unpaired) electrons. The highest BCUT2D eigenvalue weighted by atomic mass is 35.5. The van der Waals surface area contributed by atoms with Gasteiger partial charge in [0, 0.05) is 19.7 Å². The lowest BCUT2D eigenvalue weighted by Gasteiger charge is -2.41. The number of nitrogens with zero attached hydrogens (tertiary/aromatic N) is 2. The van der Waals surface area contributed by atoms with E-state index >= 15 is 0 Å². The van der Waals surface area contributed by atoms with E-state index in [2.05, 4.69) is 10.3 Å². The highest BCUT2D eigenvalue weighted by Crippen LogP contribution is 2.39. The van der Waals surface area contributed by atoms with Gasteiger partial charge >= 0.3 is 5.97 Å². The fourth-order valence-electron chi connectivity index (χ4n) is 3.95. The van der Waals surface area contributed by atoms with Crippen molar-refractivity contribution in [1.29, 1.82) is 0 Å². The molecule has 0 aromatic carbocycles. The lowest BCUT2D eigenvalue weighted by Crippen LogP contribution is -2.49. The van der Waals surface area contributed by atoms with Crippen LogP contribution in [0.1, 0.15) is 43.1 Å². The van der Waals surface area contributed by atoms with Crippen molar-refractivity contribution in [3.8, 4) is 0 Å². The molecule has 0 bridgehead atoms. The number of carbonyl (C=O) groups excluding carboxylic acids is 1. The van der Waals surface area contributed by atoms with Crippen molar-refractivity contribution < 1.29 is 14.7 Å². The summed E-state index contributed by atoms with van der Waals surface area (Å²) in [6.07, 6.45) is 7.67. The quantitative estimate of drug-likeness (QED) is 0.786. The highest BCUT2D eigenvalue weighted by Gasteiger charge is 2.37. The van der Waals surface area contributed by atoms with E-state index < -0.39 is 12.0 Å². The van der Waals surface area contributed by atoms with Crippen LogP contribution >= 0.6 is 24.8 Å². The molecule has 8 heteroatoms. The summed E-state index contributed by atoms with van der Waals surface area (Å²) in [5.74, 6) is 0.911. The van der Waals surface area contributed by atoms with Crippen LogP contribution in [0.3, 0.4) is 0 Å². The van der Waals surface area contributed by atoms with Gasteiger partial charge < -0.3 is 15.0 Å². The fraction of sp³-hybridized carbons (Fsp3) is 0.688. The minimum absolute atomic E-state index is 0. The van der Waals surface area contributed by atoms with Crippen molar-refractivity contribution in [2.24, 2.45) is 17.8 Å². The summed E-state index contributed by atoms with van der Waals surface area (Å²) in [5, 5.41) is 12.3. The monoisotopic (exact) mass is 377 g/mol. The van der Waals surface area contributed by atoms with Crippen LogP contribution in [-0.2, 0) is 11.3 Å². The summed E-state index contributed by atoms with van der Waals surface area (Å²) < 4.78 is 2.00. The van der Waals surface area contributed by atoms with Crippen LogP contribution in [0, 0.1) is 17.8 Å². The first-order valence-corrected chi connectivity index (χ1v) is 8.02. The number of aromatic nitrogens is 2. The van der Waals surface area contributed by atoms with Gasteiger partial charge in [0.25, 0.3) is 0 Å². The lowest BCUT2D eigenvalue weighted by atomic mass is 9.69. The van der Waals surface area contributed by atoms with Crippen molar-refractivity contribution in [2.75, 3.05) is 6.54 Å². The average Bonchev–Trinajstić information content (AvgIpc) is 2.95. The van der Waals surface area contributed by atoms with Crippen LogP contribution in [0.5, 0.6) is 0 Å². The third-order valence-corrected chi connectivity index (χ3v) is 5.17. The second-order valence-corrected chi connectivity index (χ2v) is 6.75. The molecule has 0 amide bonds. The molecule has 2 fully saturated rings. The minimum atomic E-state index is -0.735. The summed E-state index contributed by atoms with van der Waals surface area (Å²) in [4.78, 5) is 26.6. The highest BCUT2D eigenvalue weighted by molar-refractivity contribution is 5.91. The van der Waals surface area contributed by atoms with Gasteiger partial charge in [0.05, 0.1) is 6.33 Å². The van der Waals surface area contributed by atoms with Crippen LogP contribution < -0.4 is 5.32 Å². The Morgan fingerprint density at radius 3 is 2.67 bits per heavy atom. The van der Waals surface area contributed by atoms with Crippen LogP contribution in [0.2, 0.25) is 0 Å². The number of Topliss-reactive ketones (excluding diaryl/α,β-unsaturated/α-hetero) is 1. The number of hydrogen-bond acceptors (Lipinski definition) is 4. The maximum absolute atomic E-state index is 11.3. The molecule has 1 aliphatic carbocycles. The van der Waals surface area contributed by atoms with Crippen molar-refractivity contribution in [3.05, 3.63) is 18.2 Å². The molecule has 2 N–H and O–H groups in total. The van der Waals surface area contributed by atoms with Crippen LogP contribution in [0.15, 0.2) is 12.5 Å². The Hall–Kier alpha value is -1.11. The molecule has 136 valence electrons. The molecule has 24 heavy (non-hydrogen) atoms. The number of carbonyl (C=O) groups is 2. The zero-order valence-electron chi connectivity index (χ0n) is 13.7. The molecule has 4 atom stereocenters.